The molecule has 1 N–H and O–H groups in total. The first-order chi connectivity index (χ1) is 13.2. The van der Waals surface area contributed by atoms with Crippen molar-refractivity contribution in [3.05, 3.63) is 11.6 Å². The third-order valence-corrected chi connectivity index (χ3v) is 9.33. The Morgan fingerprint density at radius 1 is 1.29 bits per heavy atom. The van der Waals surface area contributed by atoms with Crippen LogP contribution in [-0.4, -0.2) is 41.3 Å². The van der Waals surface area contributed by atoms with Gasteiger partial charge in [0.2, 0.25) is 0 Å². The van der Waals surface area contributed by atoms with Gasteiger partial charge in [-0.25, -0.2) is 0 Å². The van der Waals surface area contributed by atoms with Crippen LogP contribution in [0.3, 0.4) is 0 Å². The summed E-state index contributed by atoms with van der Waals surface area (Å²) in [7, 11) is 0. The van der Waals surface area contributed by atoms with Gasteiger partial charge in [-0.2, -0.15) is 0 Å². The van der Waals surface area contributed by atoms with Crippen molar-refractivity contribution >= 4 is 11.8 Å². The van der Waals surface area contributed by atoms with E-state index in [1.54, 1.807) is 0 Å². The summed E-state index contributed by atoms with van der Waals surface area (Å²) < 4.78 is 11.5. The predicted octanol–water partition coefficient (Wildman–Crippen LogP) is 3.19. The fraction of sp³-hybridized carbons (Fsp3) is 0.826. The monoisotopic (exact) mass is 388 g/mol. The van der Waals surface area contributed by atoms with Crippen molar-refractivity contribution in [1.82, 2.24) is 0 Å². The zero-order valence-corrected chi connectivity index (χ0v) is 17.2. The van der Waals surface area contributed by atoms with Gasteiger partial charge in [-0.1, -0.05) is 19.4 Å². The Morgan fingerprint density at radius 2 is 2.07 bits per heavy atom. The molecular weight excluding hydrogens is 356 g/mol. The largest absolute Gasteiger partial charge is 0.463 e. The van der Waals surface area contributed by atoms with Crippen LogP contribution in [0.4, 0.5) is 0 Å². The number of esters is 1. The lowest BCUT2D eigenvalue weighted by molar-refractivity contribution is -0.141. The molecule has 0 aromatic heterocycles. The van der Waals surface area contributed by atoms with Crippen LogP contribution in [0.5, 0.6) is 0 Å². The van der Waals surface area contributed by atoms with E-state index >= 15 is 0 Å². The lowest BCUT2D eigenvalue weighted by atomic mass is 9.46. The van der Waals surface area contributed by atoms with Crippen LogP contribution in [0.2, 0.25) is 0 Å². The van der Waals surface area contributed by atoms with E-state index in [1.165, 1.54) is 12.5 Å². The molecule has 28 heavy (non-hydrogen) atoms. The van der Waals surface area contributed by atoms with Gasteiger partial charge in [-0.05, 0) is 67.8 Å². The van der Waals surface area contributed by atoms with Crippen molar-refractivity contribution in [2.24, 2.45) is 28.6 Å². The first kappa shape index (κ1) is 18.8. The second-order valence-corrected chi connectivity index (χ2v) is 10.4. The molecule has 154 valence electrons. The summed E-state index contributed by atoms with van der Waals surface area (Å²) in [4.78, 5) is 23.2. The maximum atomic E-state index is 12.0. The highest BCUT2D eigenvalue weighted by atomic mass is 16.6. The molecule has 5 rings (SSSR count). The average molecular weight is 389 g/mol. The molecule has 0 aromatic rings. The molecule has 0 radical (unpaired) electrons. The van der Waals surface area contributed by atoms with Crippen LogP contribution < -0.4 is 0 Å². The Hall–Kier alpha value is -1.20. The van der Waals surface area contributed by atoms with Crippen LogP contribution >= 0.6 is 0 Å². The number of ketones is 1. The summed E-state index contributed by atoms with van der Waals surface area (Å²) in [6.45, 7) is 6.35. The fourth-order valence-electron chi connectivity index (χ4n) is 8.01. The quantitative estimate of drug-likeness (QED) is 0.581. The van der Waals surface area contributed by atoms with Gasteiger partial charge >= 0.3 is 5.97 Å². The van der Waals surface area contributed by atoms with Gasteiger partial charge in [-0.15, -0.1) is 0 Å². The minimum absolute atomic E-state index is 0.0305. The number of epoxide rings is 1. The molecule has 0 amide bonds. The van der Waals surface area contributed by atoms with Gasteiger partial charge in [0.1, 0.15) is 18.3 Å². The van der Waals surface area contributed by atoms with Crippen molar-refractivity contribution in [3.63, 3.8) is 0 Å². The molecule has 1 saturated heterocycles. The van der Waals surface area contributed by atoms with Crippen LogP contribution in [0.25, 0.3) is 0 Å². The Bertz CT molecular complexity index is 758. The minimum Gasteiger partial charge on any atom is -0.463 e. The van der Waals surface area contributed by atoms with E-state index in [0.29, 0.717) is 24.9 Å². The zero-order chi connectivity index (χ0) is 19.9. The maximum Gasteiger partial charge on any atom is 0.302 e. The van der Waals surface area contributed by atoms with Crippen molar-refractivity contribution in [2.45, 2.75) is 83.5 Å². The second kappa shape index (κ2) is 5.91. The Kier molecular flexibility index (Phi) is 3.97. The van der Waals surface area contributed by atoms with Gasteiger partial charge in [0.25, 0.3) is 0 Å². The number of rotatable bonds is 2. The summed E-state index contributed by atoms with van der Waals surface area (Å²) in [5.74, 6) is 1.22. The van der Waals surface area contributed by atoms with Crippen molar-refractivity contribution in [2.75, 3.05) is 6.61 Å². The third kappa shape index (κ3) is 2.32. The molecular formula is C23H32O5. The van der Waals surface area contributed by atoms with E-state index in [1.807, 2.05) is 6.08 Å². The zero-order valence-electron chi connectivity index (χ0n) is 17.2. The van der Waals surface area contributed by atoms with E-state index in [0.717, 1.165) is 38.5 Å². The van der Waals surface area contributed by atoms with E-state index < -0.39 is 0 Å². The van der Waals surface area contributed by atoms with Crippen molar-refractivity contribution in [1.29, 1.82) is 0 Å². The van der Waals surface area contributed by atoms with E-state index in [4.69, 9.17) is 9.47 Å². The third-order valence-electron chi connectivity index (χ3n) is 9.33. The second-order valence-electron chi connectivity index (χ2n) is 10.4. The van der Waals surface area contributed by atoms with Crippen LogP contribution in [-0.2, 0) is 19.1 Å². The molecule has 4 fully saturated rings. The molecule has 0 aromatic carbocycles. The molecule has 3 saturated carbocycles. The van der Waals surface area contributed by atoms with Gasteiger partial charge in [0.15, 0.2) is 5.78 Å². The molecule has 5 aliphatic rings. The highest BCUT2D eigenvalue weighted by molar-refractivity contribution is 5.91. The van der Waals surface area contributed by atoms with Crippen LogP contribution in [0.15, 0.2) is 11.6 Å². The Labute approximate surface area is 166 Å². The van der Waals surface area contributed by atoms with Crippen LogP contribution in [0, 0.1) is 28.6 Å². The normalized spacial score (nSPS) is 51.8. The molecule has 1 heterocycles. The Morgan fingerprint density at radius 3 is 2.82 bits per heavy atom. The number of carbonyl (C=O) groups is 2. The number of aliphatic hydroxyl groups excluding tert-OH is 1. The minimum atomic E-state index is -0.373. The number of ether oxygens (including phenoxy) is 2. The van der Waals surface area contributed by atoms with Crippen molar-refractivity contribution < 1.29 is 24.2 Å². The molecule has 0 unspecified atom stereocenters. The summed E-state index contributed by atoms with van der Waals surface area (Å²) >= 11 is 0. The Balaban J connectivity index is 1.43. The lowest BCUT2D eigenvalue weighted by Crippen LogP contribution is -2.58. The highest BCUT2D eigenvalue weighted by Crippen LogP contribution is 2.72. The molecule has 8 atom stereocenters. The summed E-state index contributed by atoms with van der Waals surface area (Å²) in [6, 6.07) is 0. The lowest BCUT2D eigenvalue weighted by Gasteiger charge is -2.59. The first-order valence-corrected chi connectivity index (χ1v) is 10.9. The molecule has 4 aliphatic carbocycles. The highest BCUT2D eigenvalue weighted by Gasteiger charge is 2.75. The van der Waals surface area contributed by atoms with E-state index in [-0.39, 0.29) is 46.3 Å². The molecule has 0 bridgehead atoms. The SMILES string of the molecule is CC(=O)OC[C@H]1O[C@@]12CC[C@H]1[C@@H]3CCC4=CC(=O)CC[C@]4(C)[C@H]3[C@@H](O)C[C@@]12C. The number of carbonyl (C=O) groups excluding carboxylic acids is 2. The number of allylic oxidation sites excluding steroid dienone is 1. The molecule has 5 nitrogen and oxygen atoms in total. The first-order valence-electron chi connectivity index (χ1n) is 10.9. The van der Waals surface area contributed by atoms with Gasteiger partial charge in [0.05, 0.1) is 6.10 Å². The maximum absolute atomic E-state index is 12.0. The van der Waals surface area contributed by atoms with Gasteiger partial charge < -0.3 is 14.6 Å². The number of fused-ring (bicyclic) bond motifs is 6. The predicted molar refractivity (Wildman–Crippen MR) is 102 cm³/mol. The standard InChI is InChI=1S/C23H32O5/c1-13(24)27-12-19-23(28-19)9-7-17-16-5-4-14-10-15(25)6-8-21(14,2)20(16)18(26)11-22(17,23)3/h10,16-20,26H,4-9,11-12H2,1-3H3/t16-,17-,18-,19+,20+,21-,22-,23-/m0/s1. The number of hydrogen-bond acceptors (Lipinski definition) is 5. The summed E-state index contributed by atoms with van der Waals surface area (Å²) in [6.07, 6.45) is 7.85. The van der Waals surface area contributed by atoms with E-state index in [2.05, 4.69) is 13.8 Å². The van der Waals surface area contributed by atoms with Crippen molar-refractivity contribution in [3.8, 4) is 0 Å². The average Bonchev–Trinajstić information content (AvgIpc) is 3.27. The topological polar surface area (TPSA) is 76.1 Å². The number of hydrogen-bond donors (Lipinski definition) is 1. The summed E-state index contributed by atoms with van der Waals surface area (Å²) in [5.41, 5.74) is 0.921. The van der Waals surface area contributed by atoms with Gasteiger partial charge in [-0.3, -0.25) is 9.59 Å². The molecule has 1 spiro atoms. The summed E-state index contributed by atoms with van der Waals surface area (Å²) in [5, 5.41) is 11.4. The number of aliphatic hydroxyl groups is 1. The van der Waals surface area contributed by atoms with Gasteiger partial charge in [0, 0.05) is 18.8 Å². The molecule has 5 heteroatoms. The van der Waals surface area contributed by atoms with E-state index in [9.17, 15) is 14.7 Å². The van der Waals surface area contributed by atoms with Crippen LogP contribution in [0.1, 0.15) is 65.7 Å². The smallest absolute Gasteiger partial charge is 0.302 e. The molecule has 1 aliphatic heterocycles. The fourth-order valence-corrected chi connectivity index (χ4v) is 8.01.